The second-order valence-electron chi connectivity index (χ2n) is 6.04. The zero-order valence-corrected chi connectivity index (χ0v) is 18.8. The molecule has 3 rings (SSSR count). The first-order valence-electron chi connectivity index (χ1n) is 8.12. The minimum atomic E-state index is -4.26. The number of hydrogen-bond acceptors (Lipinski definition) is 6. The molecular weight excluding hydrogens is 481 g/mol. The zero-order valence-electron chi connectivity index (χ0n) is 14.8. The highest BCUT2D eigenvalue weighted by atomic mass is 35.5. The monoisotopic (exact) mass is 495 g/mol. The fourth-order valence-corrected chi connectivity index (χ4v) is 7.06. The van der Waals surface area contributed by atoms with Crippen LogP contribution < -0.4 is 5.32 Å². The second kappa shape index (κ2) is 9.18. The van der Waals surface area contributed by atoms with Gasteiger partial charge in [-0.3, -0.25) is 0 Å². The van der Waals surface area contributed by atoms with Gasteiger partial charge in [-0.2, -0.15) is 9.57 Å². The molecule has 0 radical (unpaired) electrons. The Kier molecular flexibility index (Phi) is 7.57. The number of nitriles is 1. The molecule has 0 aromatic heterocycles. The van der Waals surface area contributed by atoms with Crippen LogP contribution in [0.3, 0.4) is 0 Å². The Morgan fingerprint density at radius 3 is 2.07 bits per heavy atom. The highest BCUT2D eigenvalue weighted by molar-refractivity contribution is 7.93. The van der Waals surface area contributed by atoms with Crippen LogP contribution in [-0.4, -0.2) is 47.3 Å². The highest BCUT2D eigenvalue weighted by Gasteiger charge is 2.33. The molecule has 1 heterocycles. The number of hydrogen-bond donors (Lipinski definition) is 1. The molecule has 0 atom stereocenters. The van der Waals surface area contributed by atoms with Gasteiger partial charge in [0.1, 0.15) is 4.90 Å². The Balaban J connectivity index is 0.00000300. The van der Waals surface area contributed by atoms with Crippen molar-refractivity contribution < 1.29 is 16.8 Å². The van der Waals surface area contributed by atoms with Crippen LogP contribution in [0.15, 0.2) is 51.1 Å². The predicted octanol–water partition coefficient (Wildman–Crippen LogP) is 2.71. The molecule has 2 aromatic rings. The van der Waals surface area contributed by atoms with E-state index in [9.17, 15) is 16.8 Å². The van der Waals surface area contributed by atoms with Gasteiger partial charge in [-0.25, -0.2) is 16.8 Å². The first kappa shape index (κ1) is 23.9. The van der Waals surface area contributed by atoms with Gasteiger partial charge in [0.15, 0.2) is 0 Å². The summed E-state index contributed by atoms with van der Waals surface area (Å²) in [6.07, 6.45) is 0. The van der Waals surface area contributed by atoms with Crippen LogP contribution in [0.1, 0.15) is 5.56 Å². The lowest BCUT2D eigenvalue weighted by Crippen LogP contribution is -2.46. The van der Waals surface area contributed by atoms with E-state index in [1.54, 1.807) is 0 Å². The third-order valence-electron chi connectivity index (χ3n) is 4.20. The molecule has 0 unspecified atom stereocenters. The standard InChI is InChI=1S/C17H15Cl2N3O4S2.ClH/c18-13-8-14(19)10-15(9-13)27(23,24)16-2-1-12(11-20)7-17(16)28(25,26)22-5-3-21-4-6-22;/h1-2,7-10,21H,3-6H2;1H. The number of nitrogens with zero attached hydrogens (tertiary/aromatic N) is 2. The minimum absolute atomic E-state index is 0. The van der Waals surface area contributed by atoms with Gasteiger partial charge in [0.05, 0.1) is 21.4 Å². The van der Waals surface area contributed by atoms with Gasteiger partial charge in [0.2, 0.25) is 19.9 Å². The van der Waals surface area contributed by atoms with Crippen molar-refractivity contribution in [1.29, 1.82) is 5.26 Å². The molecule has 0 amide bonds. The van der Waals surface area contributed by atoms with Crippen LogP contribution in [0, 0.1) is 11.3 Å². The molecular formula is C17H16Cl3N3O4S2. The number of benzene rings is 2. The summed E-state index contributed by atoms with van der Waals surface area (Å²) in [5.41, 5.74) is 0.0387. The third kappa shape index (κ3) is 4.86. The van der Waals surface area contributed by atoms with E-state index in [2.05, 4.69) is 5.32 Å². The normalized spacial score (nSPS) is 15.3. The summed E-state index contributed by atoms with van der Waals surface area (Å²) < 4.78 is 53.9. The molecule has 12 heteroatoms. The summed E-state index contributed by atoms with van der Waals surface area (Å²) in [5, 5.41) is 12.4. The maximum Gasteiger partial charge on any atom is 0.244 e. The predicted molar refractivity (Wildman–Crippen MR) is 112 cm³/mol. The van der Waals surface area contributed by atoms with Gasteiger partial charge >= 0.3 is 0 Å². The van der Waals surface area contributed by atoms with E-state index in [0.717, 1.165) is 12.1 Å². The van der Waals surface area contributed by atoms with E-state index in [-0.39, 0.29) is 46.0 Å². The van der Waals surface area contributed by atoms with Gasteiger partial charge in [0, 0.05) is 36.2 Å². The summed E-state index contributed by atoms with van der Waals surface area (Å²) in [6.45, 7) is 1.29. The quantitative estimate of drug-likeness (QED) is 0.697. The van der Waals surface area contributed by atoms with Gasteiger partial charge in [-0.15, -0.1) is 12.4 Å². The number of sulfonamides is 1. The summed E-state index contributed by atoms with van der Waals surface area (Å²) in [4.78, 5) is -1.10. The van der Waals surface area contributed by atoms with Gasteiger partial charge < -0.3 is 5.32 Å². The Hall–Kier alpha value is -1.38. The third-order valence-corrected chi connectivity index (χ3v) is 8.50. The summed E-state index contributed by atoms with van der Waals surface area (Å²) in [5.74, 6) is 0. The summed E-state index contributed by atoms with van der Waals surface area (Å²) in [7, 11) is -8.40. The van der Waals surface area contributed by atoms with E-state index in [1.807, 2.05) is 6.07 Å². The topological polar surface area (TPSA) is 107 Å². The summed E-state index contributed by atoms with van der Waals surface area (Å²) >= 11 is 11.8. The smallest absolute Gasteiger partial charge is 0.244 e. The Bertz CT molecular complexity index is 1150. The average molecular weight is 497 g/mol. The lowest BCUT2D eigenvalue weighted by atomic mass is 10.2. The molecule has 1 aliphatic rings. The van der Waals surface area contributed by atoms with E-state index in [1.165, 1.54) is 28.6 Å². The fraction of sp³-hybridized carbons (Fsp3) is 0.235. The second-order valence-corrected chi connectivity index (χ2v) is 10.7. The Labute approximate surface area is 185 Å². The lowest BCUT2D eigenvalue weighted by molar-refractivity contribution is 0.359. The molecule has 1 aliphatic heterocycles. The van der Waals surface area contributed by atoms with E-state index in [0.29, 0.717) is 13.1 Å². The van der Waals surface area contributed by atoms with E-state index in [4.69, 9.17) is 28.5 Å². The molecule has 29 heavy (non-hydrogen) atoms. The SMILES string of the molecule is Cl.N#Cc1ccc(S(=O)(=O)c2cc(Cl)cc(Cl)c2)c(S(=O)(=O)N2CCNCC2)c1. The number of sulfone groups is 1. The first-order chi connectivity index (χ1) is 13.2. The molecule has 156 valence electrons. The van der Waals surface area contributed by atoms with Gasteiger partial charge in [-0.1, -0.05) is 23.2 Å². The first-order valence-corrected chi connectivity index (χ1v) is 11.8. The van der Waals surface area contributed by atoms with Crippen molar-refractivity contribution in [2.75, 3.05) is 26.2 Å². The number of nitrogens with one attached hydrogen (secondary N) is 1. The zero-order chi connectivity index (χ0) is 20.5. The molecule has 0 aliphatic carbocycles. The maximum atomic E-state index is 13.2. The van der Waals surface area contributed by atoms with Crippen molar-refractivity contribution in [3.8, 4) is 6.07 Å². The van der Waals surface area contributed by atoms with Crippen LogP contribution in [0.25, 0.3) is 0 Å². The Morgan fingerprint density at radius 1 is 0.931 bits per heavy atom. The lowest BCUT2D eigenvalue weighted by Gasteiger charge is -2.27. The Morgan fingerprint density at radius 2 is 1.52 bits per heavy atom. The fourth-order valence-electron chi connectivity index (χ4n) is 2.84. The molecule has 1 fully saturated rings. The van der Waals surface area contributed by atoms with Gasteiger partial charge in [0.25, 0.3) is 0 Å². The van der Waals surface area contributed by atoms with Crippen molar-refractivity contribution in [2.24, 2.45) is 0 Å². The molecule has 1 saturated heterocycles. The average Bonchev–Trinajstić information content (AvgIpc) is 2.67. The van der Waals surface area contributed by atoms with Crippen LogP contribution in [0.5, 0.6) is 0 Å². The van der Waals surface area contributed by atoms with Crippen molar-refractivity contribution in [3.63, 3.8) is 0 Å². The van der Waals surface area contributed by atoms with Crippen molar-refractivity contribution in [3.05, 3.63) is 52.0 Å². The summed E-state index contributed by atoms with van der Waals surface area (Å²) in [6, 6.07) is 9.08. The molecule has 0 spiro atoms. The molecule has 7 nitrogen and oxygen atoms in total. The number of piperazine rings is 1. The molecule has 1 N–H and O–H groups in total. The minimum Gasteiger partial charge on any atom is -0.314 e. The van der Waals surface area contributed by atoms with Crippen LogP contribution in [-0.2, 0) is 19.9 Å². The molecule has 2 aromatic carbocycles. The number of halogens is 3. The highest BCUT2D eigenvalue weighted by Crippen LogP contribution is 2.32. The largest absolute Gasteiger partial charge is 0.314 e. The van der Waals surface area contributed by atoms with Crippen molar-refractivity contribution in [1.82, 2.24) is 9.62 Å². The van der Waals surface area contributed by atoms with E-state index < -0.39 is 29.7 Å². The maximum absolute atomic E-state index is 13.2. The molecule has 0 bridgehead atoms. The van der Waals surface area contributed by atoms with E-state index >= 15 is 0 Å². The van der Waals surface area contributed by atoms with Crippen LogP contribution in [0.2, 0.25) is 10.0 Å². The van der Waals surface area contributed by atoms with Crippen molar-refractivity contribution in [2.45, 2.75) is 14.7 Å². The van der Waals surface area contributed by atoms with Crippen LogP contribution >= 0.6 is 35.6 Å². The van der Waals surface area contributed by atoms with Crippen LogP contribution in [0.4, 0.5) is 0 Å². The number of rotatable bonds is 4. The molecule has 0 saturated carbocycles. The van der Waals surface area contributed by atoms with Crippen molar-refractivity contribution >= 4 is 55.5 Å². The van der Waals surface area contributed by atoms with Gasteiger partial charge in [-0.05, 0) is 36.4 Å².